The molecular formula is C16H16BrN3O5S. The number of hydrogen-bond acceptors (Lipinski definition) is 6. The number of nitrogens with zero attached hydrogens (tertiary/aromatic N) is 2. The third kappa shape index (κ3) is 4.58. The molecule has 0 bridgehead atoms. The molecule has 0 aliphatic heterocycles. The van der Waals surface area contributed by atoms with Crippen LogP contribution in [0, 0.1) is 10.1 Å². The molecule has 0 fully saturated rings. The van der Waals surface area contributed by atoms with Gasteiger partial charge in [-0.1, -0.05) is 18.2 Å². The zero-order valence-electron chi connectivity index (χ0n) is 14.0. The van der Waals surface area contributed by atoms with Crippen molar-refractivity contribution in [1.82, 2.24) is 0 Å². The van der Waals surface area contributed by atoms with Gasteiger partial charge in [0.05, 0.1) is 17.2 Å². The highest BCUT2D eigenvalue weighted by Crippen LogP contribution is 2.34. The van der Waals surface area contributed by atoms with Crippen molar-refractivity contribution < 1.29 is 18.1 Å². The van der Waals surface area contributed by atoms with Crippen molar-refractivity contribution >= 4 is 48.7 Å². The van der Waals surface area contributed by atoms with Crippen LogP contribution in [0.15, 0.2) is 51.8 Å². The van der Waals surface area contributed by atoms with Crippen LogP contribution in [0.5, 0.6) is 0 Å². The summed E-state index contributed by atoms with van der Waals surface area (Å²) in [5.41, 5.74) is 0.0525. The van der Waals surface area contributed by atoms with Crippen LogP contribution in [0.1, 0.15) is 0 Å². The van der Waals surface area contributed by atoms with E-state index in [1.54, 1.807) is 24.3 Å². The summed E-state index contributed by atoms with van der Waals surface area (Å²) in [6, 6.07) is 11.0. The number of hydrogen-bond donors (Lipinski definition) is 1. The smallest absolute Gasteiger partial charge is 0.311 e. The van der Waals surface area contributed by atoms with Gasteiger partial charge in [0.1, 0.15) is 10.6 Å². The molecule has 0 heterocycles. The van der Waals surface area contributed by atoms with Crippen LogP contribution in [-0.2, 0) is 14.6 Å². The van der Waals surface area contributed by atoms with Gasteiger partial charge in [-0.05, 0) is 40.2 Å². The Labute approximate surface area is 159 Å². The molecular weight excluding hydrogens is 426 g/mol. The van der Waals surface area contributed by atoms with Crippen molar-refractivity contribution in [3.8, 4) is 0 Å². The molecule has 0 saturated carbocycles. The maximum Gasteiger partial charge on any atom is 0.311 e. The van der Waals surface area contributed by atoms with E-state index < -0.39 is 31.3 Å². The lowest BCUT2D eigenvalue weighted by Gasteiger charge is -2.19. The van der Waals surface area contributed by atoms with E-state index in [9.17, 15) is 23.3 Å². The van der Waals surface area contributed by atoms with Gasteiger partial charge in [-0.2, -0.15) is 0 Å². The van der Waals surface area contributed by atoms with Crippen LogP contribution in [0.2, 0.25) is 0 Å². The summed E-state index contributed by atoms with van der Waals surface area (Å²) in [5, 5.41) is 14.1. The zero-order chi connectivity index (χ0) is 19.5. The molecule has 10 heteroatoms. The molecule has 2 rings (SSSR count). The Morgan fingerprint density at radius 2 is 1.88 bits per heavy atom. The quantitative estimate of drug-likeness (QED) is 0.544. The Morgan fingerprint density at radius 3 is 2.46 bits per heavy atom. The summed E-state index contributed by atoms with van der Waals surface area (Å²) in [6.07, 6.45) is 0.902. The predicted molar refractivity (Wildman–Crippen MR) is 102 cm³/mol. The molecule has 2 aromatic rings. The number of benzene rings is 2. The lowest BCUT2D eigenvalue weighted by molar-refractivity contribution is -0.387. The molecule has 0 aliphatic carbocycles. The van der Waals surface area contributed by atoms with Crippen LogP contribution < -0.4 is 10.2 Å². The van der Waals surface area contributed by atoms with E-state index in [0.717, 1.165) is 6.26 Å². The number of nitro groups is 1. The van der Waals surface area contributed by atoms with E-state index in [1.807, 2.05) is 0 Å². The summed E-state index contributed by atoms with van der Waals surface area (Å²) >= 11 is 3.31. The largest absolute Gasteiger partial charge is 0.360 e. The highest BCUT2D eigenvalue weighted by Gasteiger charge is 2.28. The van der Waals surface area contributed by atoms with Gasteiger partial charge in [0.25, 0.3) is 0 Å². The van der Waals surface area contributed by atoms with Crippen LogP contribution >= 0.6 is 15.9 Å². The van der Waals surface area contributed by atoms with Gasteiger partial charge in [0.15, 0.2) is 9.84 Å². The topological polar surface area (TPSA) is 110 Å². The Balaban J connectivity index is 2.30. The first kappa shape index (κ1) is 19.9. The number of carbonyl (C=O) groups excluding carboxylic acids is 1. The maximum absolute atomic E-state index is 12.2. The van der Waals surface area contributed by atoms with E-state index in [1.165, 1.54) is 30.1 Å². The van der Waals surface area contributed by atoms with Gasteiger partial charge in [0.2, 0.25) is 5.91 Å². The Morgan fingerprint density at radius 1 is 1.23 bits per heavy atom. The van der Waals surface area contributed by atoms with E-state index in [0.29, 0.717) is 10.2 Å². The third-order valence-corrected chi connectivity index (χ3v) is 5.32. The van der Waals surface area contributed by atoms with Gasteiger partial charge in [-0.3, -0.25) is 14.9 Å². The normalized spacial score (nSPS) is 11.0. The molecule has 0 spiro atoms. The first-order chi connectivity index (χ1) is 12.1. The fourth-order valence-electron chi connectivity index (χ4n) is 2.35. The van der Waals surface area contributed by atoms with Crippen LogP contribution in [0.3, 0.4) is 0 Å². The van der Waals surface area contributed by atoms with Crippen LogP contribution in [-0.4, -0.2) is 39.1 Å². The lowest BCUT2D eigenvalue weighted by Crippen LogP contribution is -2.30. The fraction of sp³-hybridized carbons (Fsp3) is 0.188. The number of nitrogens with one attached hydrogen (secondary N) is 1. The molecule has 2 aromatic carbocycles. The predicted octanol–water partition coefficient (Wildman–Crippen LogP) is 2.84. The molecule has 1 N–H and O–H groups in total. The standard InChI is InChI=1S/C16H16BrN3O5S/c1-19(10-15(21)18-12-7-4-3-6-11(12)17)13-8-5-9-14(26(2,24)25)16(13)20(22)23/h3-9H,10H2,1-2H3,(H,18,21). The third-order valence-electron chi connectivity index (χ3n) is 3.50. The van der Waals surface area contributed by atoms with Crippen LogP contribution in [0.4, 0.5) is 17.1 Å². The van der Waals surface area contributed by atoms with Gasteiger partial charge < -0.3 is 10.2 Å². The number of carbonyl (C=O) groups is 1. The first-order valence-electron chi connectivity index (χ1n) is 7.34. The van der Waals surface area contributed by atoms with Crippen molar-refractivity contribution in [3.63, 3.8) is 0 Å². The van der Waals surface area contributed by atoms with Crippen molar-refractivity contribution in [2.24, 2.45) is 0 Å². The molecule has 138 valence electrons. The summed E-state index contributed by atoms with van der Waals surface area (Å²) in [5.74, 6) is -0.404. The Hall–Kier alpha value is -2.46. The van der Waals surface area contributed by atoms with Crippen molar-refractivity contribution in [1.29, 1.82) is 0 Å². The van der Waals surface area contributed by atoms with Crippen molar-refractivity contribution in [2.75, 3.05) is 30.1 Å². The molecule has 0 unspecified atom stereocenters. The second kappa shape index (κ2) is 7.83. The summed E-state index contributed by atoms with van der Waals surface area (Å²) in [6.45, 7) is -0.199. The van der Waals surface area contributed by atoms with E-state index in [2.05, 4.69) is 21.2 Å². The van der Waals surface area contributed by atoms with E-state index in [4.69, 9.17) is 0 Å². The summed E-state index contributed by atoms with van der Waals surface area (Å²) in [4.78, 5) is 23.9. The molecule has 0 aliphatic rings. The Kier molecular flexibility index (Phi) is 5.98. The number of amides is 1. The fourth-order valence-corrected chi connectivity index (χ4v) is 3.59. The van der Waals surface area contributed by atoms with Crippen molar-refractivity contribution in [2.45, 2.75) is 4.90 Å². The van der Waals surface area contributed by atoms with Gasteiger partial charge in [-0.15, -0.1) is 0 Å². The molecule has 26 heavy (non-hydrogen) atoms. The second-order valence-electron chi connectivity index (χ2n) is 5.54. The average molecular weight is 442 g/mol. The van der Waals surface area contributed by atoms with Gasteiger partial charge >= 0.3 is 5.69 Å². The van der Waals surface area contributed by atoms with E-state index in [-0.39, 0.29) is 12.2 Å². The number of para-hydroxylation sites is 2. The minimum absolute atomic E-state index is 0.0419. The molecule has 0 saturated heterocycles. The number of anilines is 2. The highest BCUT2D eigenvalue weighted by atomic mass is 79.9. The monoisotopic (exact) mass is 441 g/mol. The molecule has 0 atom stereocenters. The van der Waals surface area contributed by atoms with E-state index >= 15 is 0 Å². The second-order valence-corrected chi connectivity index (χ2v) is 8.38. The SMILES string of the molecule is CN(CC(=O)Nc1ccccc1Br)c1cccc(S(C)(=O)=O)c1[N+](=O)[O-]. The van der Waals surface area contributed by atoms with Crippen molar-refractivity contribution in [3.05, 3.63) is 57.1 Å². The molecule has 0 aromatic heterocycles. The lowest BCUT2D eigenvalue weighted by atomic mass is 10.2. The number of likely N-dealkylation sites (N-methyl/N-ethyl adjacent to an activating group) is 1. The average Bonchev–Trinajstić information content (AvgIpc) is 2.55. The van der Waals surface area contributed by atoms with Gasteiger partial charge in [-0.25, -0.2) is 8.42 Å². The molecule has 8 nitrogen and oxygen atoms in total. The number of nitro benzene ring substituents is 1. The highest BCUT2D eigenvalue weighted by molar-refractivity contribution is 9.10. The van der Waals surface area contributed by atoms with Crippen LogP contribution in [0.25, 0.3) is 0 Å². The summed E-state index contributed by atoms with van der Waals surface area (Å²) in [7, 11) is -2.31. The Bertz CT molecular complexity index is 962. The summed E-state index contributed by atoms with van der Waals surface area (Å²) < 4.78 is 24.3. The maximum atomic E-state index is 12.2. The number of halogens is 1. The number of sulfone groups is 1. The molecule has 0 radical (unpaired) electrons. The minimum Gasteiger partial charge on any atom is -0.360 e. The first-order valence-corrected chi connectivity index (χ1v) is 10.0. The van der Waals surface area contributed by atoms with Gasteiger partial charge in [0, 0.05) is 17.8 Å². The zero-order valence-corrected chi connectivity index (χ0v) is 16.4. The minimum atomic E-state index is -3.79. The number of rotatable bonds is 6. The molecule has 1 amide bonds.